The van der Waals surface area contributed by atoms with Gasteiger partial charge in [-0.25, -0.2) is 4.39 Å². The summed E-state index contributed by atoms with van der Waals surface area (Å²) in [6, 6.07) is 10.0. The van der Waals surface area contributed by atoms with E-state index in [0.29, 0.717) is 46.5 Å². The number of hydrogen-bond donors (Lipinski definition) is 1. The first-order valence-corrected chi connectivity index (χ1v) is 9.46. The molecule has 2 atom stereocenters. The van der Waals surface area contributed by atoms with E-state index in [9.17, 15) is 14.3 Å². The van der Waals surface area contributed by atoms with Crippen LogP contribution in [0.5, 0.6) is 0 Å². The maximum Gasteiger partial charge on any atom is 0.195 e. The molecular weight excluding hydrogens is 367 g/mol. The van der Waals surface area contributed by atoms with Crippen LogP contribution in [-0.2, 0) is 16.0 Å². The Labute approximate surface area is 162 Å². The number of aliphatic hydroxyl groups is 1. The lowest BCUT2D eigenvalue weighted by atomic mass is 9.87. The highest BCUT2D eigenvalue weighted by atomic mass is 35.5. The zero-order chi connectivity index (χ0) is 19.3. The Bertz CT molecular complexity index is 982. The molecule has 1 N–H and O–H groups in total. The summed E-state index contributed by atoms with van der Waals surface area (Å²) in [7, 11) is 0. The molecule has 1 fully saturated rings. The minimum atomic E-state index is -0.806. The van der Waals surface area contributed by atoms with Gasteiger partial charge in [-0.15, -0.1) is 0 Å². The van der Waals surface area contributed by atoms with Crippen molar-refractivity contribution in [3.05, 3.63) is 64.1 Å². The molecular formula is C22H20ClFO3. The second-order valence-corrected chi connectivity index (χ2v) is 7.75. The topological polar surface area (TPSA) is 46.5 Å². The van der Waals surface area contributed by atoms with Gasteiger partial charge in [0.25, 0.3) is 0 Å². The zero-order valence-electron chi connectivity index (χ0n) is 15.2. The Kier molecular flexibility index (Phi) is 4.36. The quantitative estimate of drug-likeness (QED) is 0.757. The molecule has 2 heterocycles. The maximum atomic E-state index is 14.3. The molecule has 0 aromatic heterocycles. The molecule has 3 nitrogen and oxygen atoms in total. The van der Waals surface area contributed by atoms with Crippen molar-refractivity contribution in [3.8, 4) is 11.1 Å². The van der Waals surface area contributed by atoms with E-state index in [-0.39, 0.29) is 11.5 Å². The number of benzene rings is 2. The number of aliphatic hydroxyl groups excluding tert-OH is 1. The number of aryl methyl sites for hydroxylation is 1. The monoisotopic (exact) mass is 386 g/mol. The smallest absolute Gasteiger partial charge is 0.195 e. The first-order chi connectivity index (χ1) is 12.8. The summed E-state index contributed by atoms with van der Waals surface area (Å²) >= 11 is 5.84. The fourth-order valence-electron chi connectivity index (χ4n) is 4.02. The molecule has 1 saturated heterocycles. The van der Waals surface area contributed by atoms with Gasteiger partial charge < -0.3 is 9.84 Å². The van der Waals surface area contributed by atoms with E-state index >= 15 is 0 Å². The van der Waals surface area contributed by atoms with Crippen LogP contribution in [0.25, 0.3) is 16.7 Å². The summed E-state index contributed by atoms with van der Waals surface area (Å²) in [5.41, 5.74) is 2.26. The van der Waals surface area contributed by atoms with E-state index in [1.807, 2.05) is 19.9 Å². The van der Waals surface area contributed by atoms with Gasteiger partial charge in [-0.3, -0.25) is 4.79 Å². The lowest BCUT2D eigenvalue weighted by molar-refractivity contribution is -0.130. The molecule has 27 heavy (non-hydrogen) atoms. The SMILES string of the molecule is CCc1cc(-c2ccc(Cl)cc2F)ccc1C1=C(O)[C@@]2(C)CC[C@@H](O2)C1=O. The summed E-state index contributed by atoms with van der Waals surface area (Å²) in [5, 5.41) is 11.1. The Hall–Kier alpha value is -2.17. The zero-order valence-corrected chi connectivity index (χ0v) is 15.9. The summed E-state index contributed by atoms with van der Waals surface area (Å²) in [6.07, 6.45) is 1.37. The van der Waals surface area contributed by atoms with Crippen LogP contribution < -0.4 is 0 Å². The third kappa shape index (κ3) is 2.88. The van der Waals surface area contributed by atoms with Gasteiger partial charge in [0.1, 0.15) is 23.3 Å². The molecule has 2 aliphatic rings. The molecule has 0 saturated carbocycles. The van der Waals surface area contributed by atoms with E-state index < -0.39 is 17.5 Å². The van der Waals surface area contributed by atoms with E-state index in [0.717, 1.165) is 5.56 Å². The van der Waals surface area contributed by atoms with Crippen molar-refractivity contribution >= 4 is 23.0 Å². The Morgan fingerprint density at radius 3 is 2.70 bits per heavy atom. The molecule has 140 valence electrons. The van der Waals surface area contributed by atoms with E-state index in [1.165, 1.54) is 6.07 Å². The summed E-state index contributed by atoms with van der Waals surface area (Å²) in [4.78, 5) is 12.8. The first kappa shape index (κ1) is 18.2. The van der Waals surface area contributed by atoms with Gasteiger partial charge in [0.05, 0.1) is 5.57 Å². The molecule has 0 spiro atoms. The highest BCUT2D eigenvalue weighted by Crippen LogP contribution is 2.45. The molecule has 2 aromatic rings. The van der Waals surface area contributed by atoms with Crippen molar-refractivity contribution in [1.82, 2.24) is 0 Å². The van der Waals surface area contributed by atoms with Crippen LogP contribution in [0.15, 0.2) is 42.2 Å². The number of Topliss-reactive ketones (excluding diaryl/α,β-unsaturated/α-hetero) is 1. The summed E-state index contributed by atoms with van der Waals surface area (Å²) < 4.78 is 20.0. The predicted octanol–water partition coefficient (Wildman–Crippen LogP) is 5.50. The number of halogens is 2. The van der Waals surface area contributed by atoms with E-state index in [2.05, 4.69) is 0 Å². The lowest BCUT2D eigenvalue weighted by Crippen LogP contribution is -2.37. The van der Waals surface area contributed by atoms with Crippen molar-refractivity contribution in [2.45, 2.75) is 44.8 Å². The molecule has 2 aromatic carbocycles. The molecule has 2 aliphatic heterocycles. The number of fused-ring (bicyclic) bond motifs is 2. The average Bonchev–Trinajstić information content (AvgIpc) is 3.02. The molecule has 5 heteroatoms. The van der Waals surface area contributed by atoms with Crippen molar-refractivity contribution in [3.63, 3.8) is 0 Å². The van der Waals surface area contributed by atoms with Gasteiger partial charge in [-0.05, 0) is 61.1 Å². The van der Waals surface area contributed by atoms with Crippen molar-refractivity contribution in [1.29, 1.82) is 0 Å². The summed E-state index contributed by atoms with van der Waals surface area (Å²) in [5.74, 6) is -0.573. The number of rotatable bonds is 3. The van der Waals surface area contributed by atoms with E-state index in [1.54, 1.807) is 24.3 Å². The average molecular weight is 387 g/mol. The minimum Gasteiger partial charge on any atom is -0.508 e. The number of ether oxygens (including phenoxy) is 1. The minimum absolute atomic E-state index is 0.00127. The number of hydrogen-bond acceptors (Lipinski definition) is 3. The lowest BCUT2D eigenvalue weighted by Gasteiger charge is -2.31. The molecule has 2 bridgehead atoms. The molecule has 0 aliphatic carbocycles. The maximum absolute atomic E-state index is 14.3. The van der Waals surface area contributed by atoms with Crippen LogP contribution >= 0.6 is 11.6 Å². The fraction of sp³-hybridized carbons (Fsp3) is 0.318. The predicted molar refractivity (Wildman–Crippen MR) is 103 cm³/mol. The van der Waals surface area contributed by atoms with Crippen molar-refractivity contribution < 1.29 is 19.0 Å². The van der Waals surface area contributed by atoms with Gasteiger partial charge in [0.2, 0.25) is 0 Å². The largest absolute Gasteiger partial charge is 0.508 e. The van der Waals surface area contributed by atoms with Gasteiger partial charge in [0, 0.05) is 10.6 Å². The second kappa shape index (κ2) is 6.47. The van der Waals surface area contributed by atoms with Crippen LogP contribution in [0.3, 0.4) is 0 Å². The van der Waals surface area contributed by atoms with Gasteiger partial charge in [-0.1, -0.05) is 36.7 Å². The highest BCUT2D eigenvalue weighted by Gasteiger charge is 2.50. The highest BCUT2D eigenvalue weighted by molar-refractivity contribution is 6.30. The third-order valence-corrected chi connectivity index (χ3v) is 5.80. The van der Waals surface area contributed by atoms with Gasteiger partial charge in [0.15, 0.2) is 5.78 Å². The fourth-order valence-corrected chi connectivity index (χ4v) is 4.18. The molecule has 0 amide bonds. The molecule has 0 unspecified atom stereocenters. The Morgan fingerprint density at radius 1 is 1.26 bits per heavy atom. The number of carbonyl (C=O) groups excluding carboxylic acids is 1. The standard InChI is InChI=1S/C22H20ClFO3/c1-3-12-10-13(15-7-5-14(23)11-17(15)24)4-6-16(12)19-20(25)18-8-9-22(2,27-18)21(19)26/h4-7,10-11,18,26H,3,8-9H2,1-2H3/t18-,22-/m1/s1. The normalized spacial score (nSPS) is 24.6. The first-order valence-electron chi connectivity index (χ1n) is 9.08. The Balaban J connectivity index is 1.84. The van der Waals surface area contributed by atoms with Crippen LogP contribution in [0.2, 0.25) is 5.02 Å². The van der Waals surface area contributed by atoms with Crippen LogP contribution in [0.1, 0.15) is 37.8 Å². The van der Waals surface area contributed by atoms with E-state index in [4.69, 9.17) is 16.3 Å². The molecule has 0 radical (unpaired) electrons. The van der Waals surface area contributed by atoms with Crippen LogP contribution in [-0.4, -0.2) is 22.6 Å². The number of ketones is 1. The summed E-state index contributed by atoms with van der Waals surface area (Å²) in [6.45, 7) is 3.79. The van der Waals surface area contributed by atoms with Crippen molar-refractivity contribution in [2.75, 3.05) is 0 Å². The van der Waals surface area contributed by atoms with Crippen LogP contribution in [0, 0.1) is 5.82 Å². The van der Waals surface area contributed by atoms with Gasteiger partial charge in [-0.2, -0.15) is 0 Å². The Morgan fingerprint density at radius 2 is 2.00 bits per heavy atom. The van der Waals surface area contributed by atoms with Crippen molar-refractivity contribution in [2.24, 2.45) is 0 Å². The van der Waals surface area contributed by atoms with Crippen LogP contribution in [0.4, 0.5) is 4.39 Å². The molecule has 4 rings (SSSR count). The van der Waals surface area contributed by atoms with Gasteiger partial charge >= 0.3 is 0 Å². The number of carbonyl (C=O) groups is 1. The third-order valence-electron chi connectivity index (χ3n) is 5.56. The second-order valence-electron chi connectivity index (χ2n) is 7.31.